The van der Waals surface area contributed by atoms with E-state index in [9.17, 15) is 4.79 Å². The zero-order valence-electron chi connectivity index (χ0n) is 8.68. The first kappa shape index (κ1) is 10.6. The Morgan fingerprint density at radius 1 is 1.67 bits per heavy atom. The highest BCUT2D eigenvalue weighted by molar-refractivity contribution is 6.18. The van der Waals surface area contributed by atoms with Crippen LogP contribution < -0.4 is 5.32 Å². The van der Waals surface area contributed by atoms with Gasteiger partial charge < -0.3 is 9.73 Å². The van der Waals surface area contributed by atoms with Crippen LogP contribution in [0.4, 0.5) is 0 Å². The molecular formula is C11H14ClNO2. The van der Waals surface area contributed by atoms with E-state index >= 15 is 0 Å². The zero-order valence-corrected chi connectivity index (χ0v) is 9.43. The lowest BCUT2D eigenvalue weighted by molar-refractivity contribution is 0.0945. The lowest BCUT2D eigenvalue weighted by Crippen LogP contribution is -2.31. The van der Waals surface area contributed by atoms with Gasteiger partial charge in [-0.25, -0.2) is 0 Å². The van der Waals surface area contributed by atoms with Gasteiger partial charge in [0.1, 0.15) is 5.76 Å². The Hall–Kier alpha value is -0.960. The van der Waals surface area contributed by atoms with Gasteiger partial charge in [0.15, 0.2) is 0 Å². The summed E-state index contributed by atoms with van der Waals surface area (Å²) < 4.78 is 5.07. The van der Waals surface area contributed by atoms with Crippen LogP contribution in [0.3, 0.4) is 0 Å². The summed E-state index contributed by atoms with van der Waals surface area (Å²) in [6, 6.07) is 1.69. The molecule has 1 N–H and O–H groups in total. The van der Waals surface area contributed by atoms with E-state index in [1.165, 1.54) is 6.26 Å². The minimum absolute atomic E-state index is 0.0716. The fraction of sp³-hybridized carbons (Fsp3) is 0.545. The van der Waals surface area contributed by atoms with Crippen LogP contribution in [0.2, 0.25) is 0 Å². The Morgan fingerprint density at radius 3 is 2.87 bits per heavy atom. The number of amides is 1. The predicted octanol–water partition coefficient (Wildman–Crippen LogP) is 2.34. The molecule has 0 bridgehead atoms. The molecule has 1 aromatic heterocycles. The van der Waals surface area contributed by atoms with E-state index in [1.807, 2.05) is 0 Å². The number of aryl methyl sites for hydroxylation is 1. The highest BCUT2D eigenvalue weighted by Crippen LogP contribution is 2.45. The van der Waals surface area contributed by atoms with Crippen molar-refractivity contribution in [2.24, 2.45) is 5.41 Å². The molecule has 1 aromatic rings. The first-order valence-corrected chi connectivity index (χ1v) is 5.59. The van der Waals surface area contributed by atoms with E-state index in [0.717, 1.165) is 12.8 Å². The van der Waals surface area contributed by atoms with E-state index in [-0.39, 0.29) is 11.3 Å². The molecule has 0 unspecified atom stereocenters. The fourth-order valence-electron chi connectivity index (χ4n) is 1.52. The maximum absolute atomic E-state index is 11.7. The summed E-state index contributed by atoms with van der Waals surface area (Å²) in [4.78, 5) is 11.7. The topological polar surface area (TPSA) is 42.2 Å². The number of carbonyl (C=O) groups is 1. The van der Waals surface area contributed by atoms with Crippen LogP contribution in [0, 0.1) is 12.3 Å². The Morgan fingerprint density at radius 2 is 2.40 bits per heavy atom. The second-order valence-electron chi connectivity index (χ2n) is 4.21. The van der Waals surface area contributed by atoms with Gasteiger partial charge in [-0.1, -0.05) is 0 Å². The quantitative estimate of drug-likeness (QED) is 0.803. The maximum Gasteiger partial charge on any atom is 0.254 e. The van der Waals surface area contributed by atoms with Crippen LogP contribution in [0.25, 0.3) is 0 Å². The van der Waals surface area contributed by atoms with Crippen LogP contribution in [-0.2, 0) is 0 Å². The van der Waals surface area contributed by atoms with E-state index in [4.69, 9.17) is 16.0 Å². The van der Waals surface area contributed by atoms with Gasteiger partial charge in [-0.2, -0.15) is 0 Å². The van der Waals surface area contributed by atoms with Crippen LogP contribution in [0.5, 0.6) is 0 Å². The van der Waals surface area contributed by atoms with E-state index < -0.39 is 0 Å². The van der Waals surface area contributed by atoms with Gasteiger partial charge in [0.25, 0.3) is 5.91 Å². The second-order valence-corrected chi connectivity index (χ2v) is 4.47. The molecule has 1 fully saturated rings. The minimum Gasteiger partial charge on any atom is -0.469 e. The molecule has 4 heteroatoms. The Kier molecular flexibility index (Phi) is 2.74. The Labute approximate surface area is 93.8 Å². The summed E-state index contributed by atoms with van der Waals surface area (Å²) >= 11 is 5.83. The number of hydrogen-bond donors (Lipinski definition) is 1. The molecule has 1 aliphatic rings. The van der Waals surface area contributed by atoms with Crippen LogP contribution in [0.15, 0.2) is 16.7 Å². The predicted molar refractivity (Wildman–Crippen MR) is 58.2 cm³/mol. The van der Waals surface area contributed by atoms with Gasteiger partial charge in [-0.3, -0.25) is 4.79 Å². The third-order valence-corrected chi connectivity index (χ3v) is 3.53. The monoisotopic (exact) mass is 227 g/mol. The lowest BCUT2D eigenvalue weighted by Gasteiger charge is -2.11. The Bertz CT molecular complexity index is 368. The highest BCUT2D eigenvalue weighted by atomic mass is 35.5. The van der Waals surface area contributed by atoms with Gasteiger partial charge >= 0.3 is 0 Å². The second kappa shape index (κ2) is 3.89. The molecule has 0 atom stereocenters. The summed E-state index contributed by atoms with van der Waals surface area (Å²) in [5.41, 5.74) is 0.773. The number of alkyl halides is 1. The number of nitrogens with one attached hydrogen (secondary N) is 1. The standard InChI is InChI=1S/C11H14ClNO2/c1-8-9(2-5-15-8)10(14)13-7-11(6-12)3-4-11/h2,5H,3-4,6-7H2,1H3,(H,13,14). The molecule has 1 aliphatic carbocycles. The molecule has 1 saturated carbocycles. The van der Waals surface area contributed by atoms with Gasteiger partial charge in [0.05, 0.1) is 11.8 Å². The lowest BCUT2D eigenvalue weighted by atomic mass is 10.1. The average molecular weight is 228 g/mol. The first-order valence-electron chi connectivity index (χ1n) is 5.05. The van der Waals surface area contributed by atoms with Crippen LogP contribution >= 0.6 is 11.6 Å². The molecule has 1 heterocycles. The third kappa shape index (κ3) is 2.17. The number of rotatable bonds is 4. The highest BCUT2D eigenvalue weighted by Gasteiger charge is 2.41. The molecule has 1 amide bonds. The van der Waals surface area contributed by atoms with Gasteiger partial charge in [0, 0.05) is 17.8 Å². The zero-order chi connectivity index (χ0) is 10.9. The third-order valence-electron chi connectivity index (χ3n) is 2.97. The molecule has 82 valence electrons. The fourth-order valence-corrected chi connectivity index (χ4v) is 1.88. The molecule has 15 heavy (non-hydrogen) atoms. The van der Waals surface area contributed by atoms with Crippen molar-refractivity contribution >= 4 is 17.5 Å². The van der Waals surface area contributed by atoms with E-state index in [0.29, 0.717) is 23.7 Å². The molecular weight excluding hydrogens is 214 g/mol. The van der Waals surface area contributed by atoms with Gasteiger partial charge in [0.2, 0.25) is 0 Å². The molecule has 0 aromatic carbocycles. The average Bonchev–Trinajstić information content (AvgIpc) is 2.91. The number of halogens is 1. The molecule has 2 rings (SSSR count). The van der Waals surface area contributed by atoms with Crippen molar-refractivity contribution in [3.8, 4) is 0 Å². The number of hydrogen-bond acceptors (Lipinski definition) is 2. The van der Waals surface area contributed by atoms with Crippen molar-refractivity contribution in [1.29, 1.82) is 0 Å². The smallest absolute Gasteiger partial charge is 0.254 e. The van der Waals surface area contributed by atoms with Gasteiger partial charge in [-0.15, -0.1) is 11.6 Å². The number of carbonyl (C=O) groups excluding carboxylic acids is 1. The van der Waals surface area contributed by atoms with Crippen molar-refractivity contribution in [3.63, 3.8) is 0 Å². The SMILES string of the molecule is Cc1occc1C(=O)NCC1(CCl)CC1. The Balaban J connectivity index is 1.91. The van der Waals surface area contributed by atoms with E-state index in [2.05, 4.69) is 5.32 Å². The molecule has 0 aliphatic heterocycles. The van der Waals surface area contributed by atoms with Crippen molar-refractivity contribution in [2.45, 2.75) is 19.8 Å². The summed E-state index contributed by atoms with van der Waals surface area (Å²) in [6.07, 6.45) is 3.75. The summed E-state index contributed by atoms with van der Waals surface area (Å²) in [5, 5.41) is 2.90. The minimum atomic E-state index is -0.0716. The van der Waals surface area contributed by atoms with Crippen LogP contribution in [-0.4, -0.2) is 18.3 Å². The molecule has 0 spiro atoms. The van der Waals surface area contributed by atoms with Gasteiger partial charge in [-0.05, 0) is 25.8 Å². The van der Waals surface area contributed by atoms with E-state index in [1.54, 1.807) is 13.0 Å². The summed E-state index contributed by atoms with van der Waals surface area (Å²) in [6.45, 7) is 2.45. The largest absolute Gasteiger partial charge is 0.469 e. The summed E-state index contributed by atoms with van der Waals surface area (Å²) in [7, 11) is 0. The van der Waals surface area contributed by atoms with Crippen LogP contribution in [0.1, 0.15) is 29.0 Å². The molecule has 0 radical (unpaired) electrons. The molecule has 3 nitrogen and oxygen atoms in total. The summed E-state index contributed by atoms with van der Waals surface area (Å²) in [5.74, 6) is 1.21. The number of furan rings is 1. The van der Waals surface area contributed by atoms with Crippen molar-refractivity contribution in [1.82, 2.24) is 5.32 Å². The van der Waals surface area contributed by atoms with Crippen molar-refractivity contribution in [2.75, 3.05) is 12.4 Å². The molecule has 0 saturated heterocycles. The first-order chi connectivity index (χ1) is 7.17. The van der Waals surface area contributed by atoms with Crippen molar-refractivity contribution < 1.29 is 9.21 Å². The maximum atomic E-state index is 11.7. The normalized spacial score (nSPS) is 17.5. The van der Waals surface area contributed by atoms with Crippen molar-refractivity contribution in [3.05, 3.63) is 23.7 Å².